The maximum atomic E-state index is 13.2. The smallest absolute Gasteiger partial charge is 0.340 e. The number of rotatable bonds is 5. The molecule has 0 bridgehead atoms. The zero-order chi connectivity index (χ0) is 13.8. The van der Waals surface area contributed by atoms with E-state index in [2.05, 4.69) is 10.3 Å². The maximum absolute atomic E-state index is 13.2. The maximum Gasteiger partial charge on any atom is 0.340 e. The predicted octanol–water partition coefficient (Wildman–Crippen LogP) is 1.41. The van der Waals surface area contributed by atoms with E-state index in [1.165, 1.54) is 6.07 Å². The highest BCUT2D eigenvalue weighted by Gasteiger charge is 2.17. The number of hydrogen-bond acceptors (Lipinski definition) is 4. The average Bonchev–Trinajstić information content (AvgIpc) is 2.86. The molecule has 19 heavy (non-hydrogen) atoms. The lowest BCUT2D eigenvalue weighted by Gasteiger charge is -2.12. The van der Waals surface area contributed by atoms with E-state index in [0.29, 0.717) is 18.8 Å². The zero-order valence-corrected chi connectivity index (χ0v) is 10.0. The fraction of sp³-hybridized carbons (Fsp3) is 0.167. The van der Waals surface area contributed by atoms with Crippen LogP contribution in [0.5, 0.6) is 0 Å². The number of halogens is 1. The molecule has 7 heteroatoms. The van der Waals surface area contributed by atoms with Crippen LogP contribution >= 0.6 is 0 Å². The van der Waals surface area contributed by atoms with Crippen molar-refractivity contribution < 1.29 is 14.3 Å². The van der Waals surface area contributed by atoms with E-state index in [1.807, 2.05) is 4.57 Å². The van der Waals surface area contributed by atoms with Crippen molar-refractivity contribution in [3.05, 3.63) is 42.2 Å². The SMILES string of the molecule is Nc1c(F)ccc(NCCn2ccnc2)c1C(=O)O. The van der Waals surface area contributed by atoms with Crippen LogP contribution in [0, 0.1) is 5.82 Å². The van der Waals surface area contributed by atoms with Crippen LogP contribution in [0.1, 0.15) is 10.4 Å². The molecule has 0 radical (unpaired) electrons. The molecule has 0 unspecified atom stereocenters. The lowest BCUT2D eigenvalue weighted by Crippen LogP contribution is -2.14. The number of nitrogens with zero attached hydrogens (tertiary/aromatic N) is 2. The highest BCUT2D eigenvalue weighted by Crippen LogP contribution is 2.24. The van der Waals surface area contributed by atoms with Crippen molar-refractivity contribution in [2.45, 2.75) is 6.54 Å². The normalized spacial score (nSPS) is 10.4. The number of aromatic nitrogens is 2. The van der Waals surface area contributed by atoms with Gasteiger partial charge in [0, 0.05) is 25.5 Å². The number of anilines is 2. The van der Waals surface area contributed by atoms with Crippen LogP contribution in [0.2, 0.25) is 0 Å². The Morgan fingerprint density at radius 3 is 2.95 bits per heavy atom. The summed E-state index contributed by atoms with van der Waals surface area (Å²) >= 11 is 0. The first-order chi connectivity index (χ1) is 9.09. The van der Waals surface area contributed by atoms with Gasteiger partial charge in [-0.2, -0.15) is 0 Å². The largest absolute Gasteiger partial charge is 0.478 e. The third-order valence-corrected chi connectivity index (χ3v) is 2.65. The second-order valence-electron chi connectivity index (χ2n) is 3.92. The minimum absolute atomic E-state index is 0.245. The molecule has 4 N–H and O–H groups in total. The van der Waals surface area contributed by atoms with Gasteiger partial charge in [-0.15, -0.1) is 0 Å². The van der Waals surface area contributed by atoms with Gasteiger partial charge in [0.25, 0.3) is 0 Å². The molecule has 1 aromatic carbocycles. The molecule has 1 aromatic heterocycles. The van der Waals surface area contributed by atoms with Crippen molar-refractivity contribution >= 4 is 17.3 Å². The molecular formula is C12H13FN4O2. The summed E-state index contributed by atoms with van der Waals surface area (Å²) in [6.45, 7) is 1.08. The predicted molar refractivity (Wildman–Crippen MR) is 68.5 cm³/mol. The Morgan fingerprint density at radius 2 is 2.32 bits per heavy atom. The number of nitrogens with one attached hydrogen (secondary N) is 1. The number of carboxylic acid groups (broad SMARTS) is 1. The number of nitrogen functional groups attached to an aromatic ring is 1. The number of hydrogen-bond donors (Lipinski definition) is 3. The van der Waals surface area contributed by atoms with Gasteiger partial charge in [0.05, 0.1) is 17.7 Å². The number of nitrogens with two attached hydrogens (primary N) is 1. The Kier molecular flexibility index (Phi) is 3.65. The van der Waals surface area contributed by atoms with Crippen molar-refractivity contribution in [3.63, 3.8) is 0 Å². The Balaban J connectivity index is 2.11. The van der Waals surface area contributed by atoms with Crippen LogP contribution in [-0.2, 0) is 6.54 Å². The van der Waals surface area contributed by atoms with Crippen molar-refractivity contribution in [1.82, 2.24) is 9.55 Å². The van der Waals surface area contributed by atoms with Gasteiger partial charge in [-0.3, -0.25) is 0 Å². The van der Waals surface area contributed by atoms with E-state index >= 15 is 0 Å². The molecule has 0 atom stereocenters. The van der Waals surface area contributed by atoms with Gasteiger partial charge in [0.15, 0.2) is 0 Å². The summed E-state index contributed by atoms with van der Waals surface area (Å²) in [6, 6.07) is 2.50. The third-order valence-electron chi connectivity index (χ3n) is 2.65. The Labute approximate surface area is 108 Å². The Hall–Kier alpha value is -2.57. The van der Waals surface area contributed by atoms with Crippen molar-refractivity contribution in [3.8, 4) is 0 Å². The van der Waals surface area contributed by atoms with Gasteiger partial charge in [-0.05, 0) is 12.1 Å². The molecule has 0 amide bonds. The molecule has 0 saturated heterocycles. The molecule has 2 aromatic rings. The Morgan fingerprint density at radius 1 is 1.53 bits per heavy atom. The minimum atomic E-state index is -1.26. The molecule has 0 aliphatic rings. The number of imidazole rings is 1. The number of aromatic carboxylic acids is 1. The fourth-order valence-electron chi connectivity index (χ4n) is 1.71. The van der Waals surface area contributed by atoms with Crippen LogP contribution in [0.3, 0.4) is 0 Å². The van der Waals surface area contributed by atoms with Crippen molar-refractivity contribution in [2.24, 2.45) is 0 Å². The van der Waals surface area contributed by atoms with Crippen LogP contribution in [0.4, 0.5) is 15.8 Å². The third kappa shape index (κ3) is 2.82. The molecular weight excluding hydrogens is 251 g/mol. The van der Waals surface area contributed by atoms with Crippen molar-refractivity contribution in [1.29, 1.82) is 0 Å². The van der Waals surface area contributed by atoms with Gasteiger partial charge in [0.2, 0.25) is 0 Å². The van der Waals surface area contributed by atoms with Crippen LogP contribution in [-0.4, -0.2) is 27.2 Å². The highest BCUT2D eigenvalue weighted by atomic mass is 19.1. The van der Waals surface area contributed by atoms with Crippen molar-refractivity contribution in [2.75, 3.05) is 17.6 Å². The van der Waals surface area contributed by atoms with Gasteiger partial charge in [-0.1, -0.05) is 0 Å². The van der Waals surface area contributed by atoms with Crippen LogP contribution < -0.4 is 11.1 Å². The van der Waals surface area contributed by atoms with E-state index in [-0.39, 0.29) is 11.3 Å². The molecule has 6 nitrogen and oxygen atoms in total. The van der Waals surface area contributed by atoms with Gasteiger partial charge in [-0.25, -0.2) is 14.2 Å². The number of benzene rings is 1. The zero-order valence-electron chi connectivity index (χ0n) is 10.0. The van der Waals surface area contributed by atoms with E-state index in [1.54, 1.807) is 18.7 Å². The first kappa shape index (κ1) is 12.9. The van der Waals surface area contributed by atoms with Crippen LogP contribution in [0.25, 0.3) is 0 Å². The second-order valence-corrected chi connectivity index (χ2v) is 3.92. The summed E-state index contributed by atoms with van der Waals surface area (Å²) in [5.41, 5.74) is 5.13. The number of carboxylic acids is 1. The highest BCUT2D eigenvalue weighted by molar-refractivity contribution is 6.00. The molecule has 2 rings (SSSR count). The molecule has 0 fully saturated rings. The summed E-state index contributed by atoms with van der Waals surface area (Å²) < 4.78 is 15.1. The van der Waals surface area contributed by atoms with Gasteiger partial charge in [0.1, 0.15) is 11.4 Å². The summed E-state index contributed by atoms with van der Waals surface area (Å²) in [5.74, 6) is -2.00. The number of carbonyl (C=O) groups is 1. The molecule has 100 valence electrons. The summed E-state index contributed by atoms with van der Waals surface area (Å²) in [7, 11) is 0. The topological polar surface area (TPSA) is 93.2 Å². The van der Waals surface area contributed by atoms with E-state index < -0.39 is 11.8 Å². The lowest BCUT2D eigenvalue weighted by atomic mass is 10.1. The quantitative estimate of drug-likeness (QED) is 0.710. The summed E-state index contributed by atoms with van der Waals surface area (Å²) in [6.07, 6.45) is 5.09. The van der Waals surface area contributed by atoms with E-state index in [0.717, 1.165) is 6.07 Å². The summed E-state index contributed by atoms with van der Waals surface area (Å²) in [5, 5.41) is 12.0. The Bertz CT molecular complexity index is 584. The molecule has 1 heterocycles. The standard InChI is InChI=1S/C12H13FN4O2/c13-8-1-2-9(10(11(8)14)12(18)19)16-4-6-17-5-3-15-7-17/h1-3,5,7,16H,4,6,14H2,(H,18,19). The first-order valence-corrected chi connectivity index (χ1v) is 5.60. The van der Waals surface area contributed by atoms with Crippen LogP contribution in [0.15, 0.2) is 30.9 Å². The average molecular weight is 264 g/mol. The summed E-state index contributed by atoms with van der Waals surface area (Å²) in [4.78, 5) is 15.0. The van der Waals surface area contributed by atoms with E-state index in [9.17, 15) is 9.18 Å². The van der Waals surface area contributed by atoms with E-state index in [4.69, 9.17) is 10.8 Å². The lowest BCUT2D eigenvalue weighted by molar-refractivity contribution is 0.0698. The molecule has 0 aliphatic carbocycles. The first-order valence-electron chi connectivity index (χ1n) is 5.60. The molecule has 0 spiro atoms. The monoisotopic (exact) mass is 264 g/mol. The molecule has 0 saturated carbocycles. The second kappa shape index (κ2) is 5.38. The minimum Gasteiger partial charge on any atom is -0.478 e. The fourth-order valence-corrected chi connectivity index (χ4v) is 1.71. The molecule has 0 aliphatic heterocycles. The van der Waals surface area contributed by atoms with Gasteiger partial charge >= 0.3 is 5.97 Å². The van der Waals surface area contributed by atoms with Gasteiger partial charge < -0.3 is 20.7 Å².